The third kappa shape index (κ3) is 4.30. The Hall–Kier alpha value is -0.280. The summed E-state index contributed by atoms with van der Waals surface area (Å²) in [5, 5.41) is 3.34. The van der Waals surface area contributed by atoms with Crippen molar-refractivity contribution >= 4 is 18.3 Å². The first-order valence-electron chi connectivity index (χ1n) is 6.18. The zero-order valence-electron chi connectivity index (χ0n) is 10.7. The monoisotopic (exact) mass is 248 g/mol. The highest BCUT2D eigenvalue weighted by atomic mass is 35.5. The molecule has 0 saturated carbocycles. The predicted molar refractivity (Wildman–Crippen MR) is 70.0 cm³/mol. The molecule has 0 unspecified atom stereocenters. The van der Waals surface area contributed by atoms with Crippen molar-refractivity contribution in [3.63, 3.8) is 0 Å². The summed E-state index contributed by atoms with van der Waals surface area (Å²) < 4.78 is 0. The number of nitrogens with one attached hydrogen (secondary N) is 1. The molecule has 96 valence electrons. The first-order chi connectivity index (χ1) is 7.16. The number of piperidine rings is 1. The van der Waals surface area contributed by atoms with E-state index < -0.39 is 0 Å². The van der Waals surface area contributed by atoms with Crippen molar-refractivity contribution in [2.75, 3.05) is 19.6 Å². The smallest absolute Gasteiger partial charge is 0.225 e. The number of amides is 1. The third-order valence-corrected chi connectivity index (χ3v) is 2.99. The van der Waals surface area contributed by atoms with Crippen molar-refractivity contribution in [2.45, 2.75) is 46.1 Å². The summed E-state index contributed by atoms with van der Waals surface area (Å²) in [5.41, 5.74) is 0. The van der Waals surface area contributed by atoms with Crippen LogP contribution in [-0.2, 0) is 4.79 Å². The molecule has 3 nitrogen and oxygen atoms in total. The lowest BCUT2D eigenvalue weighted by Crippen LogP contribution is -2.47. The van der Waals surface area contributed by atoms with Gasteiger partial charge in [-0.25, -0.2) is 0 Å². The summed E-state index contributed by atoms with van der Waals surface area (Å²) in [7, 11) is 0. The molecule has 0 aromatic heterocycles. The number of carbonyl (C=O) groups is 1. The van der Waals surface area contributed by atoms with E-state index in [0.717, 1.165) is 38.9 Å². The van der Waals surface area contributed by atoms with Gasteiger partial charge in [-0.15, -0.1) is 12.4 Å². The Morgan fingerprint density at radius 1 is 1.38 bits per heavy atom. The minimum atomic E-state index is 0. The van der Waals surface area contributed by atoms with Crippen LogP contribution in [0.1, 0.15) is 40.0 Å². The summed E-state index contributed by atoms with van der Waals surface area (Å²) in [6, 6.07) is 0.473. The van der Waals surface area contributed by atoms with Crippen molar-refractivity contribution in [2.24, 2.45) is 5.92 Å². The van der Waals surface area contributed by atoms with Gasteiger partial charge >= 0.3 is 0 Å². The molecular weight excluding hydrogens is 224 g/mol. The highest BCUT2D eigenvalue weighted by Gasteiger charge is 2.25. The second kappa shape index (κ2) is 7.91. The molecule has 0 aromatic carbocycles. The van der Waals surface area contributed by atoms with Crippen LogP contribution in [0.15, 0.2) is 0 Å². The van der Waals surface area contributed by atoms with Gasteiger partial charge in [0.1, 0.15) is 0 Å². The largest absolute Gasteiger partial charge is 0.339 e. The predicted octanol–water partition coefficient (Wildman–Crippen LogP) is 2.05. The fraction of sp³-hybridized carbons (Fsp3) is 0.917. The summed E-state index contributed by atoms with van der Waals surface area (Å²) in [6.45, 7) is 9.15. The number of rotatable bonds is 4. The standard InChI is InChI=1S/C12H24N2O.ClH/c1-4-9-14(12(15)10(2)3)11-5-7-13-8-6-11;/h10-11,13H,4-9H2,1-3H3;1H. The van der Waals surface area contributed by atoms with Crippen LogP contribution in [0.25, 0.3) is 0 Å². The van der Waals surface area contributed by atoms with Crippen molar-refractivity contribution in [1.82, 2.24) is 10.2 Å². The van der Waals surface area contributed by atoms with Crippen molar-refractivity contribution < 1.29 is 4.79 Å². The highest BCUT2D eigenvalue weighted by Crippen LogP contribution is 2.15. The first kappa shape index (κ1) is 15.7. The molecule has 1 rings (SSSR count). The number of nitrogens with zero attached hydrogens (tertiary/aromatic N) is 1. The average Bonchev–Trinajstić information content (AvgIpc) is 2.26. The molecular formula is C12H25ClN2O. The van der Waals surface area contributed by atoms with Crippen LogP contribution in [0.4, 0.5) is 0 Å². The third-order valence-electron chi connectivity index (χ3n) is 2.99. The maximum absolute atomic E-state index is 12.0. The van der Waals surface area contributed by atoms with E-state index in [1.807, 2.05) is 13.8 Å². The van der Waals surface area contributed by atoms with E-state index in [1.165, 1.54) is 0 Å². The molecule has 0 radical (unpaired) electrons. The van der Waals surface area contributed by atoms with Crippen LogP contribution in [0.5, 0.6) is 0 Å². The van der Waals surface area contributed by atoms with Gasteiger partial charge in [0.05, 0.1) is 0 Å². The first-order valence-corrected chi connectivity index (χ1v) is 6.18. The summed E-state index contributed by atoms with van der Waals surface area (Å²) >= 11 is 0. The van der Waals surface area contributed by atoms with Crippen LogP contribution >= 0.6 is 12.4 Å². The Morgan fingerprint density at radius 3 is 2.38 bits per heavy atom. The van der Waals surface area contributed by atoms with Gasteiger partial charge in [0.15, 0.2) is 0 Å². The van der Waals surface area contributed by atoms with Crippen LogP contribution in [0, 0.1) is 5.92 Å². The van der Waals surface area contributed by atoms with Gasteiger partial charge in [0, 0.05) is 18.5 Å². The van der Waals surface area contributed by atoms with E-state index in [2.05, 4.69) is 17.1 Å². The van der Waals surface area contributed by atoms with E-state index in [4.69, 9.17) is 0 Å². The van der Waals surface area contributed by atoms with E-state index in [1.54, 1.807) is 0 Å². The minimum Gasteiger partial charge on any atom is -0.339 e. The number of halogens is 1. The average molecular weight is 249 g/mol. The molecule has 0 atom stereocenters. The molecule has 1 aliphatic rings. The maximum Gasteiger partial charge on any atom is 0.225 e. The molecule has 1 aliphatic heterocycles. The van der Waals surface area contributed by atoms with Gasteiger partial charge in [0.25, 0.3) is 0 Å². The molecule has 0 spiro atoms. The lowest BCUT2D eigenvalue weighted by Gasteiger charge is -2.35. The quantitative estimate of drug-likeness (QED) is 0.826. The Labute approximate surface area is 105 Å². The normalized spacial score (nSPS) is 17.0. The zero-order chi connectivity index (χ0) is 11.3. The number of hydrogen-bond donors (Lipinski definition) is 1. The van der Waals surface area contributed by atoms with Gasteiger partial charge in [0.2, 0.25) is 5.91 Å². The molecule has 0 bridgehead atoms. The Morgan fingerprint density at radius 2 is 1.94 bits per heavy atom. The lowest BCUT2D eigenvalue weighted by molar-refractivity contribution is -0.137. The van der Waals surface area contributed by atoms with Gasteiger partial charge < -0.3 is 10.2 Å². The highest BCUT2D eigenvalue weighted by molar-refractivity contribution is 5.85. The van der Waals surface area contributed by atoms with Crippen molar-refractivity contribution in [1.29, 1.82) is 0 Å². The molecule has 1 N–H and O–H groups in total. The van der Waals surface area contributed by atoms with E-state index in [-0.39, 0.29) is 18.3 Å². The molecule has 1 amide bonds. The number of hydrogen-bond acceptors (Lipinski definition) is 2. The van der Waals surface area contributed by atoms with Gasteiger partial charge in [-0.2, -0.15) is 0 Å². The van der Waals surface area contributed by atoms with Crippen molar-refractivity contribution in [3.05, 3.63) is 0 Å². The van der Waals surface area contributed by atoms with Gasteiger partial charge in [-0.1, -0.05) is 20.8 Å². The van der Waals surface area contributed by atoms with Crippen LogP contribution < -0.4 is 5.32 Å². The van der Waals surface area contributed by atoms with Crippen LogP contribution in [-0.4, -0.2) is 36.5 Å². The Kier molecular flexibility index (Phi) is 7.77. The molecule has 16 heavy (non-hydrogen) atoms. The van der Waals surface area contributed by atoms with E-state index in [0.29, 0.717) is 11.9 Å². The topological polar surface area (TPSA) is 32.3 Å². The second-order valence-electron chi connectivity index (χ2n) is 4.67. The van der Waals surface area contributed by atoms with E-state index in [9.17, 15) is 4.79 Å². The van der Waals surface area contributed by atoms with Gasteiger partial charge in [-0.05, 0) is 32.4 Å². The fourth-order valence-corrected chi connectivity index (χ4v) is 2.16. The maximum atomic E-state index is 12.0. The molecule has 0 aliphatic carbocycles. The lowest BCUT2D eigenvalue weighted by atomic mass is 10.0. The summed E-state index contributed by atoms with van der Waals surface area (Å²) in [4.78, 5) is 14.1. The van der Waals surface area contributed by atoms with Gasteiger partial charge in [-0.3, -0.25) is 4.79 Å². The SMILES string of the molecule is CCCN(C(=O)C(C)C)C1CCNCC1.Cl. The number of carbonyl (C=O) groups excluding carboxylic acids is 1. The molecule has 1 fully saturated rings. The molecule has 1 heterocycles. The van der Waals surface area contributed by atoms with Crippen LogP contribution in [0.2, 0.25) is 0 Å². The zero-order valence-corrected chi connectivity index (χ0v) is 11.5. The molecule has 1 saturated heterocycles. The summed E-state index contributed by atoms with van der Waals surface area (Å²) in [5.74, 6) is 0.454. The Balaban J connectivity index is 0.00000225. The molecule has 4 heteroatoms. The Bertz CT molecular complexity index is 203. The molecule has 0 aromatic rings. The minimum absolute atomic E-state index is 0. The van der Waals surface area contributed by atoms with Crippen molar-refractivity contribution in [3.8, 4) is 0 Å². The summed E-state index contributed by atoms with van der Waals surface area (Å²) in [6.07, 6.45) is 3.28. The fourth-order valence-electron chi connectivity index (χ4n) is 2.16. The van der Waals surface area contributed by atoms with Crippen LogP contribution in [0.3, 0.4) is 0 Å². The van der Waals surface area contributed by atoms with E-state index >= 15 is 0 Å². The second-order valence-corrected chi connectivity index (χ2v) is 4.67.